The average molecular weight is 456 g/mol. The molecule has 0 aromatic carbocycles. The van der Waals surface area contributed by atoms with Gasteiger partial charge in [-0.15, -0.1) is 0 Å². The van der Waals surface area contributed by atoms with E-state index in [-0.39, 0.29) is 43.4 Å². The van der Waals surface area contributed by atoms with Crippen LogP contribution in [0.4, 0.5) is 0 Å². The zero-order valence-electron chi connectivity index (χ0n) is 20.1. The minimum atomic E-state index is -1.22. The number of nitrogens with zero attached hydrogens (tertiary/aromatic N) is 1. The first-order valence-electron chi connectivity index (χ1n) is 12.5. The number of carboxylic acid groups (broad SMARTS) is 3. The SMILES string of the molecule is CCCCCCCCCCCCCC/C=C/[N+](CCC(=O)[O-])(CCC(=O)O)CCC(=O)O. The Bertz CT molecular complexity index is 501. The molecule has 0 aliphatic carbocycles. The number of carboxylic acids is 3. The van der Waals surface area contributed by atoms with Crippen molar-refractivity contribution in [2.75, 3.05) is 19.6 Å². The zero-order valence-corrected chi connectivity index (χ0v) is 20.1. The Kier molecular flexibility index (Phi) is 18.6. The fraction of sp³-hybridized carbons (Fsp3) is 0.800. The van der Waals surface area contributed by atoms with Crippen molar-refractivity contribution in [3.8, 4) is 0 Å². The van der Waals surface area contributed by atoms with Gasteiger partial charge in [0.2, 0.25) is 0 Å². The molecule has 0 heterocycles. The third-order valence-electron chi connectivity index (χ3n) is 5.95. The molecule has 0 fully saturated rings. The Morgan fingerprint density at radius 2 is 1.09 bits per heavy atom. The summed E-state index contributed by atoms with van der Waals surface area (Å²) in [4.78, 5) is 33.0. The van der Waals surface area contributed by atoms with Crippen LogP contribution in [0.15, 0.2) is 12.3 Å². The number of carbonyl (C=O) groups excluding carboxylic acids is 1. The number of allylic oxidation sites excluding steroid dienone is 1. The lowest BCUT2D eigenvalue weighted by Crippen LogP contribution is -2.48. The fourth-order valence-electron chi connectivity index (χ4n) is 3.91. The molecule has 0 unspecified atom stereocenters. The number of quaternary nitrogens is 1. The van der Waals surface area contributed by atoms with Crippen LogP contribution in [0, 0.1) is 0 Å². The maximum absolute atomic E-state index is 11.0. The van der Waals surface area contributed by atoms with Crippen molar-refractivity contribution in [1.82, 2.24) is 0 Å². The lowest BCUT2D eigenvalue weighted by molar-refractivity contribution is -0.878. The van der Waals surface area contributed by atoms with Crippen molar-refractivity contribution in [1.29, 1.82) is 0 Å². The first kappa shape index (κ1) is 30.1. The van der Waals surface area contributed by atoms with E-state index >= 15 is 0 Å². The van der Waals surface area contributed by atoms with Crippen molar-refractivity contribution < 1.29 is 34.2 Å². The number of hydrogen-bond acceptors (Lipinski definition) is 4. The molecular weight excluding hydrogens is 410 g/mol. The molecule has 0 aromatic heterocycles. The van der Waals surface area contributed by atoms with Gasteiger partial charge in [0, 0.05) is 12.4 Å². The van der Waals surface area contributed by atoms with Crippen molar-refractivity contribution in [3.63, 3.8) is 0 Å². The zero-order chi connectivity index (χ0) is 24.1. The summed E-state index contributed by atoms with van der Waals surface area (Å²) in [5.74, 6) is -3.18. The fourth-order valence-corrected chi connectivity index (χ4v) is 3.91. The second kappa shape index (κ2) is 19.8. The van der Waals surface area contributed by atoms with Gasteiger partial charge in [-0.1, -0.05) is 77.6 Å². The smallest absolute Gasteiger partial charge is 0.309 e. The standard InChI is InChI=1S/C25H45NO6/c1-2-3-4-5-6-7-8-9-10-11-12-13-14-15-19-26(20-16-23(27)28,21-17-24(29)30)22-18-25(31)32/h15,19H,2-14,16-18,20-22H2,1H3,(H2-,27,28,29,30,31,32)/b19-15+. The van der Waals surface area contributed by atoms with Gasteiger partial charge >= 0.3 is 11.9 Å². The number of rotatable bonds is 23. The Balaban J connectivity index is 4.31. The van der Waals surface area contributed by atoms with Gasteiger partial charge in [0.15, 0.2) is 0 Å². The molecule has 32 heavy (non-hydrogen) atoms. The molecule has 0 aliphatic heterocycles. The largest absolute Gasteiger partial charge is 0.550 e. The molecular formula is C25H45NO6. The molecule has 0 aromatic rings. The van der Waals surface area contributed by atoms with Crippen LogP contribution < -0.4 is 5.11 Å². The molecule has 0 aliphatic rings. The van der Waals surface area contributed by atoms with E-state index in [4.69, 9.17) is 10.2 Å². The normalized spacial score (nSPS) is 11.8. The van der Waals surface area contributed by atoms with E-state index in [0.717, 1.165) is 19.3 Å². The first-order chi connectivity index (χ1) is 15.3. The van der Waals surface area contributed by atoms with E-state index in [1.165, 1.54) is 64.2 Å². The van der Waals surface area contributed by atoms with Gasteiger partial charge in [0.05, 0.1) is 38.7 Å². The highest BCUT2D eigenvalue weighted by atomic mass is 16.4. The first-order valence-corrected chi connectivity index (χ1v) is 12.5. The van der Waals surface area contributed by atoms with Gasteiger partial charge < -0.3 is 20.1 Å². The predicted molar refractivity (Wildman–Crippen MR) is 124 cm³/mol. The lowest BCUT2D eigenvalue weighted by atomic mass is 10.0. The van der Waals surface area contributed by atoms with Crippen LogP contribution in [0.1, 0.15) is 110 Å². The van der Waals surface area contributed by atoms with Crippen molar-refractivity contribution in [2.24, 2.45) is 0 Å². The topological polar surface area (TPSA) is 115 Å². The number of unbranched alkanes of at least 4 members (excludes halogenated alkanes) is 12. The molecule has 0 rings (SSSR count). The van der Waals surface area contributed by atoms with E-state index in [1.807, 2.05) is 12.3 Å². The highest BCUT2D eigenvalue weighted by Crippen LogP contribution is 2.16. The molecule has 0 saturated heterocycles. The third-order valence-corrected chi connectivity index (χ3v) is 5.95. The molecule has 0 bridgehead atoms. The number of hydrogen-bond donors (Lipinski definition) is 2. The maximum atomic E-state index is 11.0. The summed E-state index contributed by atoms with van der Waals surface area (Å²) in [6.45, 7) is 2.72. The summed E-state index contributed by atoms with van der Waals surface area (Å²) < 4.78 is 0.0465. The summed E-state index contributed by atoms with van der Waals surface area (Å²) in [7, 11) is 0. The summed E-state index contributed by atoms with van der Waals surface area (Å²) in [5.41, 5.74) is 0. The van der Waals surface area contributed by atoms with Gasteiger partial charge in [-0.05, 0) is 18.9 Å². The van der Waals surface area contributed by atoms with Gasteiger partial charge in [0.25, 0.3) is 0 Å². The van der Waals surface area contributed by atoms with Crippen molar-refractivity contribution >= 4 is 17.9 Å². The molecule has 2 N–H and O–H groups in total. The van der Waals surface area contributed by atoms with Crippen LogP contribution in [-0.2, 0) is 14.4 Å². The molecule has 0 saturated carbocycles. The van der Waals surface area contributed by atoms with Gasteiger partial charge in [0.1, 0.15) is 0 Å². The Morgan fingerprint density at radius 1 is 0.688 bits per heavy atom. The number of carbonyl (C=O) groups is 3. The van der Waals surface area contributed by atoms with Crippen LogP contribution in [0.3, 0.4) is 0 Å². The van der Waals surface area contributed by atoms with E-state index in [1.54, 1.807) is 0 Å². The Hall–Kier alpha value is -1.89. The summed E-state index contributed by atoms with van der Waals surface area (Å²) >= 11 is 0. The molecule has 7 heteroatoms. The van der Waals surface area contributed by atoms with Crippen LogP contribution in [-0.4, -0.2) is 52.2 Å². The molecule has 0 radical (unpaired) electrons. The van der Waals surface area contributed by atoms with Crippen LogP contribution in [0.5, 0.6) is 0 Å². The summed E-state index contributed by atoms with van der Waals surface area (Å²) in [6, 6.07) is 0. The second-order valence-corrected chi connectivity index (χ2v) is 8.86. The number of aliphatic carboxylic acids is 3. The monoisotopic (exact) mass is 455 g/mol. The van der Waals surface area contributed by atoms with Crippen molar-refractivity contribution in [2.45, 2.75) is 110 Å². The van der Waals surface area contributed by atoms with Gasteiger partial charge in [-0.2, -0.15) is 0 Å². The van der Waals surface area contributed by atoms with Crippen LogP contribution in [0.25, 0.3) is 0 Å². The molecule has 0 amide bonds. The van der Waals surface area contributed by atoms with E-state index in [0.29, 0.717) is 0 Å². The minimum Gasteiger partial charge on any atom is -0.550 e. The quantitative estimate of drug-likeness (QED) is 0.173. The second-order valence-electron chi connectivity index (χ2n) is 8.86. The highest BCUT2D eigenvalue weighted by molar-refractivity contribution is 5.67. The molecule has 186 valence electrons. The summed E-state index contributed by atoms with van der Waals surface area (Å²) in [5, 5.41) is 29.0. The minimum absolute atomic E-state index is 0.0465. The van der Waals surface area contributed by atoms with Gasteiger partial charge in [-0.25, -0.2) is 0 Å². The van der Waals surface area contributed by atoms with Crippen LogP contribution >= 0.6 is 0 Å². The van der Waals surface area contributed by atoms with Gasteiger partial charge in [-0.3, -0.25) is 14.1 Å². The Labute approximate surface area is 194 Å². The molecule has 0 atom stereocenters. The average Bonchev–Trinajstić information content (AvgIpc) is 2.74. The van der Waals surface area contributed by atoms with Crippen molar-refractivity contribution in [3.05, 3.63) is 12.3 Å². The highest BCUT2D eigenvalue weighted by Gasteiger charge is 2.26. The van der Waals surface area contributed by atoms with E-state index in [2.05, 4.69) is 6.92 Å². The third kappa shape index (κ3) is 18.8. The predicted octanol–water partition coefficient (Wildman–Crippen LogP) is 4.50. The van der Waals surface area contributed by atoms with E-state index in [9.17, 15) is 19.5 Å². The molecule has 7 nitrogen and oxygen atoms in total. The lowest BCUT2D eigenvalue weighted by Gasteiger charge is -2.34. The maximum Gasteiger partial charge on any atom is 0.309 e. The van der Waals surface area contributed by atoms with Crippen LogP contribution in [0.2, 0.25) is 0 Å². The molecule has 0 spiro atoms. The van der Waals surface area contributed by atoms with E-state index < -0.39 is 17.9 Å². The summed E-state index contributed by atoms with van der Waals surface area (Å²) in [6.07, 6.45) is 19.3. The Morgan fingerprint density at radius 3 is 1.50 bits per heavy atom.